The summed E-state index contributed by atoms with van der Waals surface area (Å²) in [5, 5.41) is 6.50. The van der Waals surface area contributed by atoms with Gasteiger partial charge in [0.15, 0.2) is 5.96 Å². The summed E-state index contributed by atoms with van der Waals surface area (Å²) in [7, 11) is 1.77. The zero-order valence-corrected chi connectivity index (χ0v) is 17.2. The van der Waals surface area contributed by atoms with Gasteiger partial charge in [0.05, 0.1) is 19.3 Å². The first-order valence-corrected chi connectivity index (χ1v) is 8.70. The van der Waals surface area contributed by atoms with Crippen LogP contribution in [0.2, 0.25) is 0 Å². The predicted molar refractivity (Wildman–Crippen MR) is 111 cm³/mol. The smallest absolute Gasteiger partial charge is 0.191 e. The van der Waals surface area contributed by atoms with Gasteiger partial charge in [-0.25, -0.2) is 0 Å². The van der Waals surface area contributed by atoms with E-state index in [2.05, 4.69) is 15.6 Å². The van der Waals surface area contributed by atoms with E-state index >= 15 is 0 Å². The van der Waals surface area contributed by atoms with Crippen molar-refractivity contribution in [2.75, 3.05) is 46.6 Å². The van der Waals surface area contributed by atoms with Crippen LogP contribution in [0.3, 0.4) is 0 Å². The minimum absolute atomic E-state index is 0. The van der Waals surface area contributed by atoms with Crippen molar-refractivity contribution in [3.05, 3.63) is 30.3 Å². The first-order valence-electron chi connectivity index (χ1n) is 8.70. The summed E-state index contributed by atoms with van der Waals surface area (Å²) in [5.74, 6) is 1.66. The second-order valence-corrected chi connectivity index (χ2v) is 5.65. The quantitative estimate of drug-likeness (QED) is 0.242. The average molecular weight is 463 g/mol. The van der Waals surface area contributed by atoms with Gasteiger partial charge in [-0.15, -0.1) is 24.0 Å². The van der Waals surface area contributed by atoms with Crippen molar-refractivity contribution in [3.63, 3.8) is 0 Å². The van der Waals surface area contributed by atoms with Crippen molar-refractivity contribution < 1.29 is 14.2 Å². The summed E-state index contributed by atoms with van der Waals surface area (Å²) < 4.78 is 16.8. The Bertz CT molecular complexity index is 468. The van der Waals surface area contributed by atoms with E-state index in [-0.39, 0.29) is 24.0 Å². The molecular formula is C18H30IN3O3. The maximum Gasteiger partial charge on any atom is 0.191 e. The third kappa shape index (κ3) is 9.86. The number of rotatable bonds is 10. The molecule has 1 heterocycles. The van der Waals surface area contributed by atoms with E-state index in [4.69, 9.17) is 14.2 Å². The average Bonchev–Trinajstić information content (AvgIpc) is 3.14. The second kappa shape index (κ2) is 14.1. The molecule has 0 bridgehead atoms. The maximum absolute atomic E-state index is 5.64. The lowest BCUT2D eigenvalue weighted by Crippen LogP contribution is -2.39. The molecule has 0 amide bonds. The fourth-order valence-corrected chi connectivity index (χ4v) is 2.45. The molecule has 2 N–H and O–H groups in total. The van der Waals surface area contributed by atoms with Gasteiger partial charge in [-0.1, -0.05) is 18.2 Å². The molecule has 0 spiro atoms. The van der Waals surface area contributed by atoms with Crippen LogP contribution in [-0.2, 0) is 9.47 Å². The molecule has 0 aliphatic carbocycles. The number of nitrogens with zero attached hydrogens (tertiary/aromatic N) is 1. The van der Waals surface area contributed by atoms with Gasteiger partial charge in [-0.2, -0.15) is 0 Å². The zero-order valence-electron chi connectivity index (χ0n) is 14.9. The van der Waals surface area contributed by atoms with Crippen LogP contribution in [0.25, 0.3) is 0 Å². The molecule has 1 aromatic rings. The van der Waals surface area contributed by atoms with E-state index in [9.17, 15) is 0 Å². The summed E-state index contributed by atoms with van der Waals surface area (Å²) in [6.07, 6.45) is 3.52. The third-order valence-corrected chi connectivity index (χ3v) is 3.72. The minimum atomic E-state index is 0. The van der Waals surface area contributed by atoms with Crippen LogP contribution >= 0.6 is 24.0 Å². The van der Waals surface area contributed by atoms with Gasteiger partial charge in [0, 0.05) is 26.8 Å². The summed E-state index contributed by atoms with van der Waals surface area (Å²) in [5.41, 5.74) is 0. The molecule has 1 atom stereocenters. The molecule has 0 aromatic heterocycles. The fraction of sp³-hybridized carbons (Fsp3) is 0.611. The van der Waals surface area contributed by atoms with E-state index in [0.717, 1.165) is 50.7 Å². The van der Waals surface area contributed by atoms with Gasteiger partial charge < -0.3 is 24.8 Å². The first-order chi connectivity index (χ1) is 11.9. The van der Waals surface area contributed by atoms with Crippen LogP contribution in [0.15, 0.2) is 35.3 Å². The molecule has 1 fully saturated rings. The van der Waals surface area contributed by atoms with Crippen LogP contribution < -0.4 is 15.4 Å². The third-order valence-electron chi connectivity index (χ3n) is 3.72. The Morgan fingerprint density at radius 1 is 1.20 bits per heavy atom. The lowest BCUT2D eigenvalue weighted by molar-refractivity contribution is 0.0168. The van der Waals surface area contributed by atoms with E-state index in [1.807, 2.05) is 30.3 Å². The van der Waals surface area contributed by atoms with E-state index < -0.39 is 0 Å². The Balaban J connectivity index is 0.00000312. The molecule has 142 valence electrons. The predicted octanol–water partition coefficient (Wildman–Crippen LogP) is 2.43. The Morgan fingerprint density at radius 2 is 2.00 bits per heavy atom. The highest BCUT2D eigenvalue weighted by Gasteiger charge is 2.14. The number of aliphatic imine (C=N–C) groups is 1. The minimum Gasteiger partial charge on any atom is -0.492 e. The Hall–Kier alpha value is -1.06. The molecule has 7 heteroatoms. The van der Waals surface area contributed by atoms with Gasteiger partial charge in [0.25, 0.3) is 0 Å². The normalized spacial score (nSPS) is 17.0. The van der Waals surface area contributed by atoms with Gasteiger partial charge in [0.2, 0.25) is 0 Å². The lowest BCUT2D eigenvalue weighted by atomic mass is 10.2. The highest BCUT2D eigenvalue weighted by Crippen LogP contribution is 2.11. The van der Waals surface area contributed by atoms with Crippen molar-refractivity contribution in [1.82, 2.24) is 10.6 Å². The van der Waals surface area contributed by atoms with Gasteiger partial charge in [0.1, 0.15) is 12.4 Å². The molecule has 1 saturated heterocycles. The first kappa shape index (κ1) is 22.0. The molecule has 2 rings (SSSR count). The maximum atomic E-state index is 5.64. The number of guanidine groups is 1. The van der Waals surface area contributed by atoms with Crippen molar-refractivity contribution >= 4 is 29.9 Å². The number of ether oxygens (including phenoxy) is 3. The fourth-order valence-electron chi connectivity index (χ4n) is 2.45. The van der Waals surface area contributed by atoms with E-state index in [1.165, 1.54) is 0 Å². The van der Waals surface area contributed by atoms with Crippen molar-refractivity contribution in [2.45, 2.75) is 25.4 Å². The number of hydrogen-bond acceptors (Lipinski definition) is 4. The van der Waals surface area contributed by atoms with Crippen molar-refractivity contribution in [1.29, 1.82) is 0 Å². The molecule has 1 aliphatic heterocycles. The SMILES string of the molecule is CN=C(NCCCOCC1CCCO1)NCCOc1ccccc1.I. The van der Waals surface area contributed by atoms with Crippen LogP contribution in [0.4, 0.5) is 0 Å². The monoisotopic (exact) mass is 463 g/mol. The highest BCUT2D eigenvalue weighted by molar-refractivity contribution is 14.0. The van der Waals surface area contributed by atoms with Gasteiger partial charge in [-0.3, -0.25) is 4.99 Å². The summed E-state index contributed by atoms with van der Waals surface area (Å²) >= 11 is 0. The van der Waals surface area contributed by atoms with Crippen LogP contribution in [0, 0.1) is 0 Å². The Labute approximate surface area is 167 Å². The molecule has 1 unspecified atom stereocenters. The lowest BCUT2D eigenvalue weighted by Gasteiger charge is -2.13. The number of benzene rings is 1. The zero-order chi connectivity index (χ0) is 16.9. The van der Waals surface area contributed by atoms with E-state index in [0.29, 0.717) is 25.9 Å². The standard InChI is InChI=1S/C18H29N3O3.HI/c1-19-18(21-11-14-24-16-7-3-2-4-8-16)20-10-6-12-22-15-17-9-5-13-23-17;/h2-4,7-8,17H,5-6,9-15H2,1H3,(H2,19,20,21);1H. The van der Waals surface area contributed by atoms with Gasteiger partial charge >= 0.3 is 0 Å². The molecule has 0 saturated carbocycles. The molecule has 1 aliphatic rings. The number of para-hydroxylation sites is 1. The van der Waals surface area contributed by atoms with Gasteiger partial charge in [-0.05, 0) is 31.4 Å². The van der Waals surface area contributed by atoms with Crippen LogP contribution in [-0.4, -0.2) is 58.6 Å². The summed E-state index contributed by atoms with van der Waals surface area (Å²) in [4.78, 5) is 4.19. The van der Waals surface area contributed by atoms with Crippen molar-refractivity contribution in [3.8, 4) is 5.75 Å². The highest BCUT2D eigenvalue weighted by atomic mass is 127. The molecule has 0 radical (unpaired) electrons. The molecule has 6 nitrogen and oxygen atoms in total. The van der Waals surface area contributed by atoms with E-state index in [1.54, 1.807) is 7.05 Å². The molecular weight excluding hydrogens is 433 g/mol. The number of halogens is 1. The number of nitrogens with one attached hydrogen (secondary N) is 2. The summed E-state index contributed by atoms with van der Waals surface area (Å²) in [6.45, 7) is 4.44. The van der Waals surface area contributed by atoms with Crippen LogP contribution in [0.1, 0.15) is 19.3 Å². The van der Waals surface area contributed by atoms with Crippen molar-refractivity contribution in [2.24, 2.45) is 4.99 Å². The second-order valence-electron chi connectivity index (χ2n) is 5.65. The molecule has 1 aromatic carbocycles. The Kier molecular flexibility index (Phi) is 12.4. The topological polar surface area (TPSA) is 64.1 Å². The van der Waals surface area contributed by atoms with Crippen LogP contribution in [0.5, 0.6) is 5.75 Å². The Morgan fingerprint density at radius 3 is 2.72 bits per heavy atom. The molecule has 25 heavy (non-hydrogen) atoms. The summed E-state index contributed by atoms with van der Waals surface area (Å²) in [6, 6.07) is 9.79. The number of hydrogen-bond donors (Lipinski definition) is 2. The largest absolute Gasteiger partial charge is 0.492 e.